The standard InChI is InChI=1S/C19H19FN2O2/c1-11-16-6-5-12-9-21-22-18(12)19(16,8-13(10-23)17(11)24)14-3-2-4-15(20)7-14/h2-4,7,9-11,16,23H,5-6,8H2,1H3,(H,21,22)/t11-,16-,19+/m0/s1. The van der Waals surface area contributed by atoms with Crippen molar-refractivity contribution in [3.63, 3.8) is 0 Å². The number of hydrogen-bond acceptors (Lipinski definition) is 3. The van der Waals surface area contributed by atoms with E-state index in [2.05, 4.69) is 10.2 Å². The van der Waals surface area contributed by atoms with Gasteiger partial charge in [0.15, 0.2) is 5.78 Å². The topological polar surface area (TPSA) is 66.0 Å². The van der Waals surface area contributed by atoms with Gasteiger partial charge in [0.2, 0.25) is 0 Å². The van der Waals surface area contributed by atoms with Gasteiger partial charge in [0.25, 0.3) is 0 Å². The van der Waals surface area contributed by atoms with Crippen molar-refractivity contribution in [3.05, 3.63) is 64.9 Å². The third-order valence-corrected chi connectivity index (χ3v) is 5.82. The lowest BCUT2D eigenvalue weighted by Crippen LogP contribution is -2.50. The monoisotopic (exact) mass is 326 g/mol. The van der Waals surface area contributed by atoms with E-state index in [1.54, 1.807) is 12.1 Å². The molecule has 1 fully saturated rings. The minimum Gasteiger partial charge on any atom is -0.515 e. The fourth-order valence-electron chi connectivity index (χ4n) is 4.72. The SMILES string of the molecule is C[C@@H]1C(=O)C(=CO)C[C@]2(c3cccc(F)c3)c3[nH]ncc3CC[C@@H]12. The van der Waals surface area contributed by atoms with E-state index < -0.39 is 5.41 Å². The molecule has 0 aliphatic heterocycles. The summed E-state index contributed by atoms with van der Waals surface area (Å²) in [5, 5.41) is 16.9. The van der Waals surface area contributed by atoms with E-state index in [0.29, 0.717) is 12.0 Å². The predicted octanol–water partition coefficient (Wildman–Crippen LogP) is 3.45. The maximum atomic E-state index is 14.0. The van der Waals surface area contributed by atoms with E-state index in [4.69, 9.17) is 0 Å². The summed E-state index contributed by atoms with van der Waals surface area (Å²) in [6, 6.07) is 6.57. The zero-order valence-corrected chi connectivity index (χ0v) is 13.4. The number of carbonyl (C=O) groups is 1. The minimum atomic E-state index is -0.561. The Morgan fingerprint density at radius 2 is 2.29 bits per heavy atom. The molecule has 0 unspecified atom stereocenters. The average Bonchev–Trinajstić information content (AvgIpc) is 3.07. The van der Waals surface area contributed by atoms with Crippen molar-refractivity contribution in [2.24, 2.45) is 11.8 Å². The molecular weight excluding hydrogens is 307 g/mol. The molecule has 0 spiro atoms. The van der Waals surface area contributed by atoms with Gasteiger partial charge in [-0.1, -0.05) is 19.1 Å². The number of benzene rings is 1. The second-order valence-electron chi connectivity index (χ2n) is 6.88. The Balaban J connectivity index is 2.01. The van der Waals surface area contributed by atoms with Crippen LogP contribution in [-0.4, -0.2) is 21.1 Å². The Morgan fingerprint density at radius 3 is 3.04 bits per heavy atom. The van der Waals surface area contributed by atoms with Crippen LogP contribution in [-0.2, 0) is 16.6 Å². The summed E-state index contributed by atoms with van der Waals surface area (Å²) in [4.78, 5) is 12.6. The number of aliphatic hydroxyl groups excluding tert-OH is 1. The van der Waals surface area contributed by atoms with Crippen LogP contribution in [0.15, 0.2) is 42.3 Å². The summed E-state index contributed by atoms with van der Waals surface area (Å²) in [5.74, 6) is -0.510. The number of halogens is 1. The molecule has 0 saturated heterocycles. The van der Waals surface area contributed by atoms with Crippen molar-refractivity contribution in [2.75, 3.05) is 0 Å². The molecule has 4 nitrogen and oxygen atoms in total. The van der Waals surface area contributed by atoms with Crippen LogP contribution in [0.2, 0.25) is 0 Å². The lowest BCUT2D eigenvalue weighted by atomic mass is 9.52. The first-order chi connectivity index (χ1) is 11.6. The molecule has 1 saturated carbocycles. The van der Waals surface area contributed by atoms with Gasteiger partial charge in [-0.15, -0.1) is 0 Å². The number of aliphatic hydroxyl groups is 1. The fourth-order valence-corrected chi connectivity index (χ4v) is 4.72. The summed E-state index contributed by atoms with van der Waals surface area (Å²) in [6.45, 7) is 1.91. The lowest BCUT2D eigenvalue weighted by Gasteiger charge is -2.50. The van der Waals surface area contributed by atoms with Crippen LogP contribution in [0.1, 0.15) is 36.6 Å². The van der Waals surface area contributed by atoms with Crippen molar-refractivity contribution in [2.45, 2.75) is 31.6 Å². The number of Topliss-reactive ketones (excluding diaryl/α,β-unsaturated/α-hetero) is 1. The Labute approximate surface area is 139 Å². The van der Waals surface area contributed by atoms with Gasteiger partial charge < -0.3 is 5.11 Å². The molecule has 1 heterocycles. The van der Waals surface area contributed by atoms with Crippen LogP contribution >= 0.6 is 0 Å². The van der Waals surface area contributed by atoms with Gasteiger partial charge >= 0.3 is 0 Å². The van der Waals surface area contributed by atoms with Gasteiger partial charge in [-0.05, 0) is 48.4 Å². The number of nitrogens with one attached hydrogen (secondary N) is 1. The molecule has 3 atom stereocenters. The summed E-state index contributed by atoms with van der Waals surface area (Å²) >= 11 is 0. The average molecular weight is 326 g/mol. The maximum absolute atomic E-state index is 14.0. The highest BCUT2D eigenvalue weighted by molar-refractivity contribution is 5.98. The number of nitrogens with zero attached hydrogens (tertiary/aromatic N) is 1. The molecule has 0 bridgehead atoms. The second-order valence-corrected chi connectivity index (χ2v) is 6.88. The van der Waals surface area contributed by atoms with E-state index in [0.717, 1.165) is 35.9 Å². The first-order valence-corrected chi connectivity index (χ1v) is 8.24. The zero-order chi connectivity index (χ0) is 16.9. The smallest absolute Gasteiger partial charge is 0.165 e. The van der Waals surface area contributed by atoms with Crippen molar-refractivity contribution in [1.82, 2.24) is 10.2 Å². The van der Waals surface area contributed by atoms with E-state index in [9.17, 15) is 14.3 Å². The summed E-state index contributed by atoms with van der Waals surface area (Å²) in [7, 11) is 0. The molecular formula is C19H19FN2O2. The highest BCUT2D eigenvalue weighted by atomic mass is 19.1. The quantitative estimate of drug-likeness (QED) is 0.623. The molecule has 0 amide bonds. The third-order valence-electron chi connectivity index (χ3n) is 5.82. The zero-order valence-electron chi connectivity index (χ0n) is 13.4. The second kappa shape index (κ2) is 5.30. The molecule has 1 aromatic heterocycles. The molecule has 1 aromatic carbocycles. The number of aromatic nitrogens is 2. The molecule has 5 heteroatoms. The predicted molar refractivity (Wildman–Crippen MR) is 87.1 cm³/mol. The third kappa shape index (κ3) is 1.90. The number of hydrogen-bond donors (Lipinski definition) is 2. The Morgan fingerprint density at radius 1 is 1.46 bits per heavy atom. The lowest BCUT2D eigenvalue weighted by molar-refractivity contribution is -0.123. The van der Waals surface area contributed by atoms with Crippen LogP contribution in [0.5, 0.6) is 0 Å². The number of aromatic amines is 1. The largest absolute Gasteiger partial charge is 0.515 e. The van der Waals surface area contributed by atoms with Gasteiger partial charge in [-0.2, -0.15) is 5.10 Å². The van der Waals surface area contributed by atoms with E-state index in [1.165, 1.54) is 6.07 Å². The van der Waals surface area contributed by atoms with E-state index in [1.807, 2.05) is 19.2 Å². The number of ketones is 1. The van der Waals surface area contributed by atoms with Crippen LogP contribution in [0, 0.1) is 17.7 Å². The van der Waals surface area contributed by atoms with Crippen molar-refractivity contribution >= 4 is 5.78 Å². The molecule has 24 heavy (non-hydrogen) atoms. The van der Waals surface area contributed by atoms with E-state index in [-0.39, 0.29) is 23.4 Å². The molecule has 0 radical (unpaired) electrons. The van der Waals surface area contributed by atoms with Gasteiger partial charge in [-0.25, -0.2) is 4.39 Å². The van der Waals surface area contributed by atoms with Crippen LogP contribution in [0.3, 0.4) is 0 Å². The van der Waals surface area contributed by atoms with Crippen molar-refractivity contribution in [3.8, 4) is 0 Å². The Bertz CT molecular complexity index is 841. The molecule has 2 N–H and O–H groups in total. The summed E-state index contributed by atoms with van der Waals surface area (Å²) in [6.07, 6.45) is 4.78. The summed E-state index contributed by atoms with van der Waals surface area (Å²) < 4.78 is 14.0. The normalized spacial score (nSPS) is 30.9. The number of carbonyl (C=O) groups excluding carboxylic acids is 1. The highest BCUT2D eigenvalue weighted by Crippen LogP contribution is 2.55. The number of allylic oxidation sites excluding steroid dienone is 1. The highest BCUT2D eigenvalue weighted by Gasteiger charge is 2.54. The van der Waals surface area contributed by atoms with Gasteiger partial charge in [-0.3, -0.25) is 9.89 Å². The molecule has 2 aliphatic rings. The van der Waals surface area contributed by atoms with E-state index >= 15 is 0 Å². The molecule has 2 aromatic rings. The summed E-state index contributed by atoms with van der Waals surface area (Å²) in [5.41, 5.74) is 2.72. The first kappa shape index (κ1) is 15.1. The van der Waals surface area contributed by atoms with Gasteiger partial charge in [0.05, 0.1) is 12.5 Å². The van der Waals surface area contributed by atoms with Crippen LogP contribution in [0.25, 0.3) is 0 Å². The van der Waals surface area contributed by atoms with Gasteiger partial charge in [0, 0.05) is 22.6 Å². The van der Waals surface area contributed by atoms with Crippen LogP contribution in [0.4, 0.5) is 4.39 Å². The van der Waals surface area contributed by atoms with Crippen molar-refractivity contribution in [1.29, 1.82) is 0 Å². The number of H-pyrrole nitrogens is 1. The fraction of sp³-hybridized carbons (Fsp3) is 0.368. The number of aryl methyl sites for hydroxylation is 1. The van der Waals surface area contributed by atoms with Gasteiger partial charge in [0.1, 0.15) is 5.82 Å². The number of fused-ring (bicyclic) bond motifs is 3. The van der Waals surface area contributed by atoms with Crippen LogP contribution < -0.4 is 0 Å². The molecule has 2 aliphatic carbocycles. The number of rotatable bonds is 1. The first-order valence-electron chi connectivity index (χ1n) is 8.24. The maximum Gasteiger partial charge on any atom is 0.165 e. The minimum absolute atomic E-state index is 0.0162. The Kier molecular flexibility index (Phi) is 3.34. The molecule has 124 valence electrons. The Hall–Kier alpha value is -2.43. The van der Waals surface area contributed by atoms with Crippen molar-refractivity contribution < 1.29 is 14.3 Å². The molecule has 4 rings (SSSR count).